The predicted octanol–water partition coefficient (Wildman–Crippen LogP) is 1.98. The van der Waals surface area contributed by atoms with Crippen molar-refractivity contribution in [2.24, 2.45) is 11.8 Å². The van der Waals surface area contributed by atoms with Crippen LogP contribution in [-0.2, 0) is 19.1 Å². The van der Waals surface area contributed by atoms with Gasteiger partial charge < -0.3 is 24.7 Å². The molecule has 2 amide bonds. The Morgan fingerprint density at radius 1 is 1.36 bits per heavy atom. The maximum Gasteiger partial charge on any atom is 0.310 e. The summed E-state index contributed by atoms with van der Waals surface area (Å²) in [5.41, 5.74) is -0.619. The molecule has 33 heavy (non-hydrogen) atoms. The van der Waals surface area contributed by atoms with E-state index in [2.05, 4.69) is 22.5 Å². The predicted molar refractivity (Wildman–Crippen MR) is 124 cm³/mol. The molecular formula is C24H29BrN2O6. The number of carbonyl (C=O) groups is 3. The third-order valence-electron chi connectivity index (χ3n) is 7.17. The second kappa shape index (κ2) is 8.85. The minimum absolute atomic E-state index is 0.180. The molecule has 9 heteroatoms. The topological polar surface area (TPSA) is 107 Å². The summed E-state index contributed by atoms with van der Waals surface area (Å²) in [5.74, 6) is -3.99. The van der Waals surface area contributed by atoms with Gasteiger partial charge in [-0.25, -0.2) is 0 Å². The van der Waals surface area contributed by atoms with Gasteiger partial charge in [0.25, 0.3) is 0 Å². The summed E-state index contributed by atoms with van der Waals surface area (Å²) in [5, 5.41) is 20.4. The number of benzene rings is 1. The van der Waals surface area contributed by atoms with Crippen LogP contribution in [0.25, 0.3) is 0 Å². The van der Waals surface area contributed by atoms with E-state index in [1.54, 1.807) is 35.2 Å². The molecule has 0 aliphatic carbocycles. The quantitative estimate of drug-likeness (QED) is 0.400. The number of aliphatic carboxylic acids is 1. The highest BCUT2D eigenvalue weighted by molar-refractivity contribution is 9.09. The van der Waals surface area contributed by atoms with Crippen molar-refractivity contribution in [3.8, 4) is 0 Å². The van der Waals surface area contributed by atoms with Gasteiger partial charge in [-0.15, -0.1) is 6.58 Å². The molecule has 4 rings (SSSR count). The van der Waals surface area contributed by atoms with Gasteiger partial charge >= 0.3 is 5.97 Å². The Morgan fingerprint density at radius 2 is 2.03 bits per heavy atom. The third-order valence-corrected chi connectivity index (χ3v) is 8.02. The molecule has 2 N–H and O–H groups in total. The highest BCUT2D eigenvalue weighted by atomic mass is 79.9. The molecule has 3 unspecified atom stereocenters. The van der Waals surface area contributed by atoms with E-state index in [0.717, 1.165) is 0 Å². The Kier molecular flexibility index (Phi) is 6.41. The van der Waals surface area contributed by atoms with Crippen molar-refractivity contribution in [3.05, 3.63) is 48.6 Å². The monoisotopic (exact) mass is 520 g/mol. The van der Waals surface area contributed by atoms with Crippen LogP contribution in [-0.4, -0.2) is 79.6 Å². The first-order chi connectivity index (χ1) is 15.7. The maximum absolute atomic E-state index is 14.1. The van der Waals surface area contributed by atoms with Gasteiger partial charge in [-0.05, 0) is 25.8 Å². The summed E-state index contributed by atoms with van der Waals surface area (Å²) >= 11 is 3.54. The number of nitrogens with zero attached hydrogens (tertiary/aromatic N) is 2. The average Bonchev–Trinajstić information content (AvgIpc) is 3.37. The SMILES string of the molecule is C=CCN(C(=O)C1N([C@H](CO)c2ccccc2)C(=O)[C@@H]2[C@@H](C(=O)O)[C@@H]3OC12CC3Br)C(C)C. The van der Waals surface area contributed by atoms with Crippen molar-refractivity contribution < 1.29 is 29.3 Å². The largest absolute Gasteiger partial charge is 0.481 e. The number of hydrogen-bond donors (Lipinski definition) is 2. The van der Waals surface area contributed by atoms with E-state index in [-0.39, 0.29) is 23.3 Å². The molecular weight excluding hydrogens is 492 g/mol. The number of amides is 2. The van der Waals surface area contributed by atoms with Crippen LogP contribution >= 0.6 is 15.9 Å². The molecule has 7 atom stereocenters. The van der Waals surface area contributed by atoms with E-state index in [1.165, 1.54) is 4.90 Å². The van der Waals surface area contributed by atoms with Crippen molar-refractivity contribution in [3.63, 3.8) is 0 Å². The first-order valence-corrected chi connectivity index (χ1v) is 12.0. The van der Waals surface area contributed by atoms with Gasteiger partial charge in [0.15, 0.2) is 0 Å². The number of alkyl halides is 1. The molecule has 178 valence electrons. The van der Waals surface area contributed by atoms with Gasteiger partial charge in [0, 0.05) is 17.4 Å². The Morgan fingerprint density at radius 3 is 2.58 bits per heavy atom. The van der Waals surface area contributed by atoms with Gasteiger partial charge in [0.1, 0.15) is 11.6 Å². The molecule has 1 aromatic rings. The van der Waals surface area contributed by atoms with E-state index < -0.39 is 54.1 Å². The molecule has 0 aromatic heterocycles. The van der Waals surface area contributed by atoms with Gasteiger partial charge in [0.2, 0.25) is 11.8 Å². The first-order valence-electron chi connectivity index (χ1n) is 11.1. The molecule has 0 saturated carbocycles. The minimum atomic E-state index is -1.29. The highest BCUT2D eigenvalue weighted by Gasteiger charge is 2.77. The lowest BCUT2D eigenvalue weighted by Crippen LogP contribution is -2.58. The van der Waals surface area contributed by atoms with Crippen molar-refractivity contribution in [1.29, 1.82) is 0 Å². The second-order valence-corrected chi connectivity index (χ2v) is 10.4. The molecule has 1 spiro atoms. The van der Waals surface area contributed by atoms with E-state index in [0.29, 0.717) is 12.0 Å². The van der Waals surface area contributed by atoms with Crippen LogP contribution in [0.1, 0.15) is 31.9 Å². The Hall–Kier alpha value is -2.23. The zero-order valence-corrected chi connectivity index (χ0v) is 20.2. The third kappa shape index (κ3) is 3.52. The molecule has 3 aliphatic rings. The molecule has 0 radical (unpaired) electrons. The van der Waals surface area contributed by atoms with E-state index in [9.17, 15) is 24.6 Å². The number of carbonyl (C=O) groups excluding carboxylic acids is 2. The van der Waals surface area contributed by atoms with Crippen LogP contribution in [0.4, 0.5) is 0 Å². The maximum atomic E-state index is 14.1. The summed E-state index contributed by atoms with van der Waals surface area (Å²) in [4.78, 5) is 42.9. The lowest BCUT2D eigenvalue weighted by molar-refractivity contribution is -0.154. The first kappa shape index (κ1) is 23.9. The number of likely N-dealkylation sites (tertiary alicyclic amines) is 1. The fourth-order valence-electron chi connectivity index (χ4n) is 5.85. The van der Waals surface area contributed by atoms with E-state index in [1.807, 2.05) is 19.9 Å². The molecule has 3 aliphatic heterocycles. The van der Waals surface area contributed by atoms with Crippen molar-refractivity contribution in [1.82, 2.24) is 9.80 Å². The van der Waals surface area contributed by atoms with Crippen LogP contribution in [0.2, 0.25) is 0 Å². The number of ether oxygens (including phenoxy) is 1. The van der Waals surface area contributed by atoms with Gasteiger partial charge in [-0.3, -0.25) is 14.4 Å². The number of rotatable bonds is 8. The van der Waals surface area contributed by atoms with Crippen LogP contribution in [0, 0.1) is 11.8 Å². The van der Waals surface area contributed by atoms with E-state index in [4.69, 9.17) is 4.74 Å². The number of aliphatic hydroxyl groups excluding tert-OH is 1. The fraction of sp³-hybridized carbons (Fsp3) is 0.542. The van der Waals surface area contributed by atoms with E-state index >= 15 is 0 Å². The second-order valence-electron chi connectivity index (χ2n) is 9.23. The molecule has 3 saturated heterocycles. The summed E-state index contributed by atoms with van der Waals surface area (Å²) in [6.45, 7) is 7.36. The average molecular weight is 521 g/mol. The fourth-order valence-corrected chi connectivity index (χ4v) is 6.79. The van der Waals surface area contributed by atoms with Crippen molar-refractivity contribution >= 4 is 33.7 Å². The molecule has 2 bridgehead atoms. The number of carboxylic acid groups (broad SMARTS) is 1. The lowest BCUT2D eigenvalue weighted by atomic mass is 9.70. The summed E-state index contributed by atoms with van der Waals surface area (Å²) in [7, 11) is 0. The summed E-state index contributed by atoms with van der Waals surface area (Å²) in [6, 6.07) is 6.93. The molecule has 1 aromatic carbocycles. The Balaban J connectivity index is 1.88. The highest BCUT2D eigenvalue weighted by Crippen LogP contribution is 2.61. The normalized spacial score (nSPS) is 33.3. The summed E-state index contributed by atoms with van der Waals surface area (Å²) in [6.07, 6.45) is 1.25. The molecule has 3 heterocycles. The van der Waals surface area contributed by atoms with Crippen molar-refractivity contribution in [2.75, 3.05) is 13.2 Å². The van der Waals surface area contributed by atoms with Gasteiger partial charge in [0.05, 0.1) is 30.6 Å². The zero-order valence-electron chi connectivity index (χ0n) is 18.6. The summed E-state index contributed by atoms with van der Waals surface area (Å²) < 4.78 is 6.30. The van der Waals surface area contributed by atoms with Crippen LogP contribution in [0.15, 0.2) is 43.0 Å². The smallest absolute Gasteiger partial charge is 0.310 e. The Labute approximate surface area is 201 Å². The van der Waals surface area contributed by atoms with Crippen LogP contribution < -0.4 is 0 Å². The zero-order chi connectivity index (χ0) is 24.1. The van der Waals surface area contributed by atoms with Crippen molar-refractivity contribution in [2.45, 2.75) is 54.9 Å². The lowest BCUT2D eigenvalue weighted by Gasteiger charge is -2.40. The number of hydrogen-bond acceptors (Lipinski definition) is 5. The standard InChI is InChI=1S/C24H29BrN2O6/c1-4-10-26(13(2)3)22(30)20-24-11-15(25)19(33-24)17(23(31)32)18(24)21(29)27(20)16(12-28)14-8-6-5-7-9-14/h4-9,13,15-20,28H,1,10-12H2,2-3H3,(H,31,32)/t15?,16-,17-,18+,19-,20?,24?/m1/s1. The van der Waals surface area contributed by atoms with Gasteiger partial charge in [-0.2, -0.15) is 0 Å². The van der Waals surface area contributed by atoms with Gasteiger partial charge in [-0.1, -0.05) is 52.3 Å². The van der Waals surface area contributed by atoms with Crippen LogP contribution in [0.5, 0.6) is 0 Å². The number of carboxylic acids is 1. The number of halogens is 1. The number of fused-ring (bicyclic) bond motifs is 1. The molecule has 3 fully saturated rings. The Bertz CT molecular complexity index is 956. The van der Waals surface area contributed by atoms with Crippen LogP contribution in [0.3, 0.4) is 0 Å². The number of aliphatic hydroxyl groups is 1. The molecule has 8 nitrogen and oxygen atoms in total. The minimum Gasteiger partial charge on any atom is -0.481 e.